The number of rotatable bonds is 10. The van der Waals surface area contributed by atoms with Crippen molar-refractivity contribution in [3.05, 3.63) is 35.9 Å². The Morgan fingerprint density at radius 1 is 1.03 bits per heavy atom. The molecule has 1 saturated heterocycles. The normalized spacial score (nSPS) is 15.5. The van der Waals surface area contributed by atoms with E-state index in [0.29, 0.717) is 5.06 Å². The molecule has 1 aliphatic heterocycles. The van der Waals surface area contributed by atoms with Crippen LogP contribution < -0.4 is 11.1 Å². The first kappa shape index (κ1) is 26.8. The van der Waals surface area contributed by atoms with E-state index in [2.05, 4.69) is 5.32 Å². The Hall–Kier alpha value is -3.47. The number of hydrogen-bond acceptors (Lipinski definition) is 9. The highest BCUT2D eigenvalue weighted by molar-refractivity contribution is 6.01. The Balaban J connectivity index is 1.91. The first-order chi connectivity index (χ1) is 16.0. The molecule has 0 aromatic heterocycles. The van der Waals surface area contributed by atoms with Gasteiger partial charge in [-0.15, -0.1) is 5.06 Å². The minimum absolute atomic E-state index is 0.0218. The lowest BCUT2D eigenvalue weighted by atomic mass is 10.1. The number of carbonyl (C=O) groups excluding carboxylic acids is 5. The van der Waals surface area contributed by atoms with E-state index >= 15 is 0 Å². The zero-order valence-electron chi connectivity index (χ0n) is 19.6. The van der Waals surface area contributed by atoms with Crippen LogP contribution in [0.15, 0.2) is 30.3 Å². The lowest BCUT2D eigenvalue weighted by Crippen LogP contribution is -2.47. The molecule has 0 aliphatic carbocycles. The second-order valence-corrected chi connectivity index (χ2v) is 8.82. The van der Waals surface area contributed by atoms with Crippen LogP contribution in [0.25, 0.3) is 0 Å². The SMILES string of the molecule is CC(C)(C)OC(=O)N[C@@H](CCCC(N)C(=O)OCc1ccccc1)C(=O)ON1C(=O)CCC1=O. The van der Waals surface area contributed by atoms with Crippen LogP contribution in [0.2, 0.25) is 0 Å². The first-order valence-electron chi connectivity index (χ1n) is 11.0. The summed E-state index contributed by atoms with van der Waals surface area (Å²) in [4.78, 5) is 65.3. The van der Waals surface area contributed by atoms with Crippen molar-refractivity contribution in [3.8, 4) is 0 Å². The molecule has 0 saturated carbocycles. The van der Waals surface area contributed by atoms with E-state index in [9.17, 15) is 24.0 Å². The van der Waals surface area contributed by atoms with E-state index in [1.165, 1.54) is 0 Å². The van der Waals surface area contributed by atoms with Crippen LogP contribution in [0, 0.1) is 0 Å². The number of nitrogens with zero attached hydrogens (tertiary/aromatic N) is 1. The lowest BCUT2D eigenvalue weighted by molar-refractivity contribution is -0.199. The molecule has 11 nitrogen and oxygen atoms in total. The summed E-state index contributed by atoms with van der Waals surface area (Å²) >= 11 is 0. The van der Waals surface area contributed by atoms with Crippen LogP contribution in [0.3, 0.4) is 0 Å². The Morgan fingerprint density at radius 3 is 2.24 bits per heavy atom. The predicted molar refractivity (Wildman–Crippen MR) is 118 cm³/mol. The number of esters is 1. The smallest absolute Gasteiger partial charge is 0.408 e. The summed E-state index contributed by atoms with van der Waals surface area (Å²) in [5.41, 5.74) is 5.90. The minimum Gasteiger partial charge on any atom is -0.460 e. The molecule has 0 radical (unpaired) electrons. The van der Waals surface area contributed by atoms with Crippen molar-refractivity contribution in [1.82, 2.24) is 10.4 Å². The average molecular weight is 478 g/mol. The highest BCUT2D eigenvalue weighted by atomic mass is 16.7. The van der Waals surface area contributed by atoms with E-state index in [1.807, 2.05) is 30.3 Å². The van der Waals surface area contributed by atoms with Gasteiger partial charge in [-0.1, -0.05) is 30.3 Å². The van der Waals surface area contributed by atoms with E-state index < -0.39 is 47.5 Å². The maximum atomic E-state index is 12.6. The van der Waals surface area contributed by atoms with E-state index in [-0.39, 0.29) is 38.7 Å². The Morgan fingerprint density at radius 2 is 1.65 bits per heavy atom. The monoisotopic (exact) mass is 477 g/mol. The average Bonchev–Trinajstić information content (AvgIpc) is 3.08. The Kier molecular flexibility index (Phi) is 9.55. The number of alkyl carbamates (subject to hydrolysis) is 1. The van der Waals surface area contributed by atoms with Gasteiger partial charge in [0.05, 0.1) is 0 Å². The standard InChI is InChI=1S/C23H31N3O8/c1-23(2,3)33-22(31)25-17(21(30)34-26-18(27)12-13-19(26)28)11-7-10-16(24)20(29)32-14-15-8-5-4-6-9-15/h4-6,8-9,16-17H,7,10-14,24H2,1-3H3,(H,25,31)/t16?,17-/m0/s1. The van der Waals surface area contributed by atoms with Gasteiger partial charge in [0.2, 0.25) is 0 Å². The number of nitrogens with two attached hydrogens (primary N) is 1. The number of hydroxylamine groups is 2. The molecular formula is C23H31N3O8. The molecule has 3 amide bonds. The van der Waals surface area contributed by atoms with Crippen molar-refractivity contribution >= 4 is 29.8 Å². The van der Waals surface area contributed by atoms with E-state index in [0.717, 1.165) is 5.56 Å². The fourth-order valence-electron chi connectivity index (χ4n) is 3.01. The van der Waals surface area contributed by atoms with Crippen LogP contribution in [-0.2, 0) is 40.1 Å². The van der Waals surface area contributed by atoms with Crippen molar-refractivity contribution < 1.29 is 38.3 Å². The third kappa shape index (κ3) is 8.81. The Labute approximate surface area is 197 Å². The van der Waals surface area contributed by atoms with Crippen molar-refractivity contribution in [2.24, 2.45) is 5.73 Å². The van der Waals surface area contributed by atoms with Gasteiger partial charge in [-0.2, -0.15) is 0 Å². The molecule has 1 aromatic rings. The quantitative estimate of drug-likeness (QED) is 0.379. The van der Waals surface area contributed by atoms with Gasteiger partial charge >= 0.3 is 18.0 Å². The van der Waals surface area contributed by atoms with Crippen LogP contribution in [0.4, 0.5) is 4.79 Å². The highest BCUT2D eigenvalue weighted by Crippen LogP contribution is 2.15. The molecule has 1 fully saturated rings. The maximum Gasteiger partial charge on any atom is 0.408 e. The molecule has 11 heteroatoms. The topological polar surface area (TPSA) is 154 Å². The van der Waals surface area contributed by atoms with Gasteiger partial charge in [-0.25, -0.2) is 9.59 Å². The van der Waals surface area contributed by atoms with Crippen molar-refractivity contribution in [2.45, 2.75) is 77.2 Å². The molecule has 1 heterocycles. The second-order valence-electron chi connectivity index (χ2n) is 8.82. The molecule has 34 heavy (non-hydrogen) atoms. The van der Waals surface area contributed by atoms with Crippen LogP contribution >= 0.6 is 0 Å². The van der Waals surface area contributed by atoms with Gasteiger partial charge in [0.1, 0.15) is 24.3 Å². The lowest BCUT2D eigenvalue weighted by Gasteiger charge is -2.24. The maximum absolute atomic E-state index is 12.6. The highest BCUT2D eigenvalue weighted by Gasteiger charge is 2.35. The second kappa shape index (κ2) is 12.1. The minimum atomic E-state index is -1.23. The summed E-state index contributed by atoms with van der Waals surface area (Å²) in [6.45, 7) is 5.05. The summed E-state index contributed by atoms with van der Waals surface area (Å²) in [6, 6.07) is 6.94. The fraction of sp³-hybridized carbons (Fsp3) is 0.522. The van der Waals surface area contributed by atoms with Crippen LogP contribution in [0.1, 0.15) is 58.4 Å². The molecule has 3 N–H and O–H groups in total. The molecule has 1 aliphatic rings. The number of imide groups is 1. The predicted octanol–water partition coefficient (Wildman–Crippen LogP) is 1.73. The molecule has 0 bridgehead atoms. The van der Waals surface area contributed by atoms with Crippen molar-refractivity contribution in [2.75, 3.05) is 0 Å². The van der Waals surface area contributed by atoms with Gasteiger partial charge in [-0.3, -0.25) is 14.4 Å². The van der Waals surface area contributed by atoms with Gasteiger partial charge in [-0.05, 0) is 45.6 Å². The van der Waals surface area contributed by atoms with E-state index in [1.54, 1.807) is 20.8 Å². The van der Waals surface area contributed by atoms with Crippen molar-refractivity contribution in [1.29, 1.82) is 0 Å². The van der Waals surface area contributed by atoms with Crippen LogP contribution in [-0.4, -0.2) is 52.6 Å². The van der Waals surface area contributed by atoms with Gasteiger partial charge in [0.25, 0.3) is 11.8 Å². The van der Waals surface area contributed by atoms with E-state index in [4.69, 9.17) is 20.0 Å². The summed E-state index contributed by atoms with van der Waals surface area (Å²) in [5, 5.41) is 2.79. The van der Waals surface area contributed by atoms with Gasteiger partial charge in [0, 0.05) is 12.8 Å². The largest absolute Gasteiger partial charge is 0.460 e. The number of carbonyl (C=O) groups is 5. The summed E-state index contributed by atoms with van der Waals surface area (Å²) < 4.78 is 10.4. The summed E-state index contributed by atoms with van der Waals surface area (Å²) in [5.74, 6) is -2.89. The molecular weight excluding hydrogens is 446 g/mol. The number of nitrogens with one attached hydrogen (secondary N) is 1. The molecule has 2 rings (SSSR count). The zero-order valence-corrected chi connectivity index (χ0v) is 19.6. The number of hydrogen-bond donors (Lipinski definition) is 2. The van der Waals surface area contributed by atoms with Gasteiger partial charge < -0.3 is 25.4 Å². The molecule has 0 spiro atoms. The summed E-state index contributed by atoms with van der Waals surface area (Å²) in [7, 11) is 0. The number of benzene rings is 1. The van der Waals surface area contributed by atoms with Gasteiger partial charge in [0.15, 0.2) is 0 Å². The first-order valence-corrected chi connectivity index (χ1v) is 11.0. The summed E-state index contributed by atoms with van der Waals surface area (Å²) in [6.07, 6.45) is -0.575. The fourth-order valence-corrected chi connectivity index (χ4v) is 3.01. The Bertz CT molecular complexity index is 881. The zero-order chi connectivity index (χ0) is 25.3. The third-order valence-electron chi connectivity index (χ3n) is 4.70. The molecule has 1 unspecified atom stereocenters. The number of ether oxygens (including phenoxy) is 2. The molecule has 2 atom stereocenters. The van der Waals surface area contributed by atoms with Crippen molar-refractivity contribution in [3.63, 3.8) is 0 Å². The third-order valence-corrected chi connectivity index (χ3v) is 4.70. The molecule has 186 valence electrons. The molecule has 1 aromatic carbocycles. The number of amides is 3. The van der Waals surface area contributed by atoms with Crippen LogP contribution in [0.5, 0.6) is 0 Å².